The zero-order valence-corrected chi connectivity index (χ0v) is 17.2. The van der Waals surface area contributed by atoms with Crippen LogP contribution in [0.2, 0.25) is 0 Å². The van der Waals surface area contributed by atoms with Gasteiger partial charge in [-0.2, -0.15) is 5.10 Å². The molecular weight excluding hydrogens is 372 g/mol. The first kappa shape index (κ1) is 17.3. The minimum atomic E-state index is 0.536. The topological polar surface area (TPSA) is 26.0 Å². The second kappa shape index (κ2) is 7.00. The average molecular weight is 397 g/mol. The Hall–Kier alpha value is -1.76. The summed E-state index contributed by atoms with van der Waals surface area (Å²) in [5.74, 6) is 1.77. The number of aromatic nitrogens is 3. The first-order valence-corrected chi connectivity index (χ1v) is 11.1. The zero-order valence-electron chi connectivity index (χ0n) is 15.5. The van der Waals surface area contributed by atoms with Gasteiger partial charge in [-0.25, -0.2) is 4.68 Å². The van der Waals surface area contributed by atoms with E-state index in [0.717, 1.165) is 48.3 Å². The number of benzene rings is 1. The van der Waals surface area contributed by atoms with Crippen molar-refractivity contribution in [2.24, 2.45) is 5.92 Å². The quantitative estimate of drug-likeness (QED) is 0.559. The third kappa shape index (κ3) is 3.10. The van der Waals surface area contributed by atoms with Crippen molar-refractivity contribution in [1.29, 1.82) is 0 Å². The van der Waals surface area contributed by atoms with Crippen LogP contribution in [0.25, 0.3) is 11.4 Å². The maximum atomic E-state index is 5.80. The van der Waals surface area contributed by atoms with Gasteiger partial charge in [0.25, 0.3) is 0 Å². The highest BCUT2D eigenvalue weighted by molar-refractivity contribution is 7.71. The predicted molar refractivity (Wildman–Crippen MR) is 112 cm³/mol. The molecule has 0 spiro atoms. The highest BCUT2D eigenvalue weighted by atomic mass is 32.1. The molecule has 5 rings (SSSR count). The molecule has 0 amide bonds. The Labute approximate surface area is 169 Å². The maximum Gasteiger partial charge on any atom is 0.199 e. The van der Waals surface area contributed by atoms with E-state index in [1.54, 1.807) is 10.4 Å². The molecule has 1 fully saturated rings. The molecule has 3 heterocycles. The lowest BCUT2D eigenvalue weighted by atomic mass is 9.96. The molecule has 2 aromatic heterocycles. The number of thiophene rings is 1. The smallest absolute Gasteiger partial charge is 0.199 e. The van der Waals surface area contributed by atoms with Crippen LogP contribution in [0.1, 0.15) is 36.2 Å². The van der Waals surface area contributed by atoms with Crippen LogP contribution in [0, 0.1) is 10.7 Å². The lowest BCUT2D eigenvalue weighted by molar-refractivity contribution is 0.117. The number of nitrogens with zero attached hydrogens (tertiary/aromatic N) is 4. The lowest BCUT2D eigenvalue weighted by Gasteiger charge is -2.35. The SMILES string of the molecule is CCn1c(-c2ccccc2)nn(CN2CCc3sccc3[C@@H]2C2CC2)c1=S. The Balaban J connectivity index is 1.49. The van der Waals surface area contributed by atoms with Gasteiger partial charge in [-0.15, -0.1) is 11.3 Å². The van der Waals surface area contributed by atoms with Crippen LogP contribution in [-0.4, -0.2) is 25.8 Å². The summed E-state index contributed by atoms with van der Waals surface area (Å²) in [6.07, 6.45) is 3.84. The van der Waals surface area contributed by atoms with Crippen LogP contribution in [0.4, 0.5) is 0 Å². The summed E-state index contributed by atoms with van der Waals surface area (Å²) in [5.41, 5.74) is 2.68. The molecule has 0 bridgehead atoms. The Morgan fingerprint density at radius 2 is 2.00 bits per heavy atom. The van der Waals surface area contributed by atoms with E-state index in [2.05, 4.69) is 52.1 Å². The summed E-state index contributed by atoms with van der Waals surface area (Å²) in [7, 11) is 0. The molecule has 1 aromatic carbocycles. The van der Waals surface area contributed by atoms with Crippen molar-refractivity contribution >= 4 is 23.6 Å². The molecular formula is C21H24N4S2. The van der Waals surface area contributed by atoms with E-state index in [1.807, 2.05) is 22.1 Å². The normalized spacial score (nSPS) is 20.0. The third-order valence-electron chi connectivity index (χ3n) is 5.77. The fourth-order valence-corrected chi connectivity index (χ4v) is 5.54. The Morgan fingerprint density at radius 3 is 2.74 bits per heavy atom. The molecule has 1 aliphatic carbocycles. The van der Waals surface area contributed by atoms with Gasteiger partial charge in [0.2, 0.25) is 0 Å². The Morgan fingerprint density at radius 1 is 1.19 bits per heavy atom. The van der Waals surface area contributed by atoms with Crippen molar-refractivity contribution in [3.63, 3.8) is 0 Å². The van der Waals surface area contributed by atoms with Crippen LogP contribution < -0.4 is 0 Å². The monoisotopic (exact) mass is 396 g/mol. The van der Waals surface area contributed by atoms with Crippen LogP contribution in [-0.2, 0) is 19.6 Å². The van der Waals surface area contributed by atoms with Crippen molar-refractivity contribution in [3.8, 4) is 11.4 Å². The van der Waals surface area contributed by atoms with Crippen LogP contribution in [0.5, 0.6) is 0 Å². The van der Waals surface area contributed by atoms with E-state index >= 15 is 0 Å². The third-order valence-corrected chi connectivity index (χ3v) is 7.20. The molecule has 3 aromatic rings. The number of hydrogen-bond donors (Lipinski definition) is 0. The van der Waals surface area contributed by atoms with Gasteiger partial charge in [-0.3, -0.25) is 4.90 Å². The molecule has 0 saturated heterocycles. The molecule has 0 N–H and O–H groups in total. The van der Waals surface area contributed by atoms with E-state index in [1.165, 1.54) is 12.8 Å². The fraction of sp³-hybridized carbons (Fsp3) is 0.429. The van der Waals surface area contributed by atoms with Gasteiger partial charge in [0.15, 0.2) is 10.6 Å². The van der Waals surface area contributed by atoms with Gasteiger partial charge in [-0.1, -0.05) is 30.3 Å². The molecule has 2 aliphatic rings. The van der Waals surface area contributed by atoms with Gasteiger partial charge in [-0.05, 0) is 61.3 Å². The number of rotatable bonds is 5. The average Bonchev–Trinajstić information content (AvgIpc) is 3.33. The van der Waals surface area contributed by atoms with Crippen molar-refractivity contribution in [2.75, 3.05) is 6.54 Å². The van der Waals surface area contributed by atoms with Crippen molar-refractivity contribution in [3.05, 3.63) is 57.0 Å². The summed E-state index contributed by atoms with van der Waals surface area (Å²) in [4.78, 5) is 4.18. The predicted octanol–water partition coefficient (Wildman–Crippen LogP) is 5.13. The Bertz CT molecular complexity index is 997. The van der Waals surface area contributed by atoms with E-state index in [4.69, 9.17) is 17.3 Å². The molecule has 4 nitrogen and oxygen atoms in total. The van der Waals surface area contributed by atoms with Gasteiger partial charge in [0.05, 0.1) is 6.67 Å². The van der Waals surface area contributed by atoms with E-state index in [9.17, 15) is 0 Å². The minimum Gasteiger partial charge on any atom is -0.300 e. The van der Waals surface area contributed by atoms with Crippen molar-refractivity contribution < 1.29 is 0 Å². The summed E-state index contributed by atoms with van der Waals surface area (Å²) in [5, 5.41) is 7.20. The Kier molecular flexibility index (Phi) is 4.50. The maximum absolute atomic E-state index is 5.80. The van der Waals surface area contributed by atoms with Gasteiger partial charge >= 0.3 is 0 Å². The molecule has 27 heavy (non-hydrogen) atoms. The highest BCUT2D eigenvalue weighted by Crippen LogP contribution is 2.48. The summed E-state index contributed by atoms with van der Waals surface area (Å²) < 4.78 is 5.01. The molecule has 0 radical (unpaired) electrons. The van der Waals surface area contributed by atoms with E-state index < -0.39 is 0 Å². The van der Waals surface area contributed by atoms with Gasteiger partial charge in [0, 0.05) is 29.6 Å². The van der Waals surface area contributed by atoms with Crippen molar-refractivity contribution in [2.45, 2.75) is 45.4 Å². The number of fused-ring (bicyclic) bond motifs is 1. The van der Waals surface area contributed by atoms with Crippen molar-refractivity contribution in [1.82, 2.24) is 19.2 Å². The lowest BCUT2D eigenvalue weighted by Crippen LogP contribution is -2.37. The molecule has 140 valence electrons. The highest BCUT2D eigenvalue weighted by Gasteiger charge is 2.40. The van der Waals surface area contributed by atoms with Gasteiger partial charge < -0.3 is 4.57 Å². The molecule has 1 aliphatic heterocycles. The summed E-state index contributed by atoms with van der Waals surface area (Å²) >= 11 is 7.72. The van der Waals surface area contributed by atoms with E-state index in [-0.39, 0.29) is 0 Å². The van der Waals surface area contributed by atoms with Crippen LogP contribution in [0.15, 0.2) is 41.8 Å². The number of hydrogen-bond acceptors (Lipinski definition) is 4. The van der Waals surface area contributed by atoms with Crippen LogP contribution >= 0.6 is 23.6 Å². The molecule has 0 unspecified atom stereocenters. The zero-order chi connectivity index (χ0) is 18.4. The standard InChI is InChI=1S/C21H24N4S2/c1-2-24-20(16-6-4-3-5-7-16)22-25(21(24)26)14-23-12-10-18-17(11-13-27-18)19(23)15-8-9-15/h3-7,11,13,15,19H,2,8-10,12,14H2,1H3/t19-/m0/s1. The van der Waals surface area contributed by atoms with Crippen LogP contribution in [0.3, 0.4) is 0 Å². The summed E-state index contributed by atoms with van der Waals surface area (Å²) in [6, 6.07) is 13.3. The first-order valence-electron chi connectivity index (χ1n) is 9.79. The molecule has 1 saturated carbocycles. The van der Waals surface area contributed by atoms with E-state index in [0.29, 0.717) is 6.04 Å². The second-order valence-electron chi connectivity index (χ2n) is 7.50. The largest absolute Gasteiger partial charge is 0.300 e. The molecule has 1 atom stereocenters. The second-order valence-corrected chi connectivity index (χ2v) is 8.87. The minimum absolute atomic E-state index is 0.536. The fourth-order valence-electron chi connectivity index (χ4n) is 4.31. The van der Waals surface area contributed by atoms with Gasteiger partial charge in [0.1, 0.15) is 0 Å². The molecule has 6 heteroatoms. The summed E-state index contributed by atoms with van der Waals surface area (Å²) in [6.45, 7) is 4.85. The first-order chi connectivity index (χ1) is 13.3.